The Morgan fingerprint density at radius 1 is 1.09 bits per heavy atom. The topological polar surface area (TPSA) is 66.4 Å². The van der Waals surface area contributed by atoms with E-state index < -0.39 is 34.1 Å². The Morgan fingerprint density at radius 2 is 1.77 bits per heavy atom. The molecule has 4 nitrogen and oxygen atoms in total. The van der Waals surface area contributed by atoms with Crippen LogP contribution in [0.5, 0.6) is 0 Å². The van der Waals surface area contributed by atoms with E-state index in [1.165, 1.54) is 6.07 Å². The number of hydrogen-bond acceptors (Lipinski definition) is 3. The summed E-state index contributed by atoms with van der Waals surface area (Å²) in [4.78, 5) is 11.7. The largest absolute Gasteiger partial charge is 0.478 e. The van der Waals surface area contributed by atoms with Crippen molar-refractivity contribution in [3.8, 4) is 0 Å². The molecule has 0 radical (unpaired) electrons. The average molecular weight is 327 g/mol. The highest BCUT2D eigenvalue weighted by atomic mass is 32.2. The van der Waals surface area contributed by atoms with Gasteiger partial charge in [0.1, 0.15) is 0 Å². The van der Waals surface area contributed by atoms with E-state index in [0.29, 0.717) is 16.6 Å². The molecule has 0 spiro atoms. The fourth-order valence-electron chi connectivity index (χ4n) is 2.31. The van der Waals surface area contributed by atoms with E-state index in [1.54, 1.807) is 18.2 Å². The number of carboxylic acids is 1. The number of alkyl halides is 3. The lowest BCUT2D eigenvalue weighted by atomic mass is 10.0. The van der Waals surface area contributed by atoms with Crippen LogP contribution in [-0.2, 0) is 17.0 Å². The van der Waals surface area contributed by atoms with Crippen molar-refractivity contribution in [2.45, 2.75) is 16.0 Å². The van der Waals surface area contributed by atoms with Crippen molar-refractivity contribution < 1.29 is 27.3 Å². The van der Waals surface area contributed by atoms with E-state index in [0.717, 1.165) is 6.07 Å². The lowest BCUT2D eigenvalue weighted by Crippen LogP contribution is -2.19. The molecule has 8 heteroatoms. The van der Waals surface area contributed by atoms with Gasteiger partial charge in [-0.1, -0.05) is 12.1 Å². The maximum absolute atomic E-state index is 13.0. The lowest BCUT2D eigenvalue weighted by molar-refractivity contribution is -0.138. The minimum absolute atomic E-state index is 0.0177. The van der Waals surface area contributed by atoms with Crippen molar-refractivity contribution in [1.82, 2.24) is 0 Å². The van der Waals surface area contributed by atoms with Crippen LogP contribution < -0.4 is 5.32 Å². The molecule has 0 aliphatic carbocycles. The molecule has 114 valence electrons. The van der Waals surface area contributed by atoms with Gasteiger partial charge in [-0.15, -0.1) is 0 Å². The number of halogens is 3. The molecule has 0 fully saturated rings. The minimum Gasteiger partial charge on any atom is -0.478 e. The number of fused-ring (bicyclic) bond motifs is 2. The lowest BCUT2D eigenvalue weighted by Gasteiger charge is -2.24. The van der Waals surface area contributed by atoms with Gasteiger partial charge in [-0.3, -0.25) is 0 Å². The van der Waals surface area contributed by atoms with Crippen LogP contribution in [0.25, 0.3) is 0 Å². The summed E-state index contributed by atoms with van der Waals surface area (Å²) in [7, 11) is -1.75. The number of benzene rings is 2. The van der Waals surface area contributed by atoms with E-state index in [-0.39, 0.29) is 10.6 Å². The Balaban J connectivity index is 2.30. The highest BCUT2D eigenvalue weighted by Crippen LogP contribution is 2.43. The Kier molecular flexibility index (Phi) is 3.21. The fraction of sp³-hybridized carbons (Fsp3) is 0.0714. The molecule has 1 aliphatic rings. The second-order valence-corrected chi connectivity index (χ2v) is 5.97. The van der Waals surface area contributed by atoms with Gasteiger partial charge >= 0.3 is 12.1 Å². The highest BCUT2D eigenvalue weighted by Gasteiger charge is 2.39. The van der Waals surface area contributed by atoms with E-state index >= 15 is 0 Å². The molecule has 2 aromatic rings. The minimum atomic E-state index is -4.82. The SMILES string of the molecule is O=C(O)c1c(C(F)(F)F)ccc2c1Nc1ccccc1S2=O. The van der Waals surface area contributed by atoms with Gasteiger partial charge in [0.2, 0.25) is 0 Å². The zero-order valence-corrected chi connectivity index (χ0v) is 11.6. The predicted molar refractivity (Wildman–Crippen MR) is 72.8 cm³/mol. The number of hydrogen-bond donors (Lipinski definition) is 2. The molecule has 3 rings (SSSR count). The zero-order chi connectivity index (χ0) is 16.1. The maximum Gasteiger partial charge on any atom is 0.417 e. The second-order valence-electron chi connectivity index (χ2n) is 4.55. The van der Waals surface area contributed by atoms with Gasteiger partial charge in [0, 0.05) is 0 Å². The number of para-hydroxylation sites is 1. The third-order valence-electron chi connectivity index (χ3n) is 3.23. The summed E-state index contributed by atoms with van der Waals surface area (Å²) >= 11 is 0. The van der Waals surface area contributed by atoms with Crippen LogP contribution in [0.1, 0.15) is 15.9 Å². The summed E-state index contributed by atoms with van der Waals surface area (Å²) < 4.78 is 51.5. The molecule has 1 atom stereocenters. The van der Waals surface area contributed by atoms with Crippen molar-refractivity contribution in [2.24, 2.45) is 0 Å². The smallest absolute Gasteiger partial charge is 0.417 e. The molecule has 0 saturated carbocycles. The number of nitrogens with one attached hydrogen (secondary N) is 1. The second kappa shape index (κ2) is 4.84. The highest BCUT2D eigenvalue weighted by molar-refractivity contribution is 7.85. The quantitative estimate of drug-likeness (QED) is 0.716. The summed E-state index contributed by atoms with van der Waals surface area (Å²) in [5.74, 6) is -1.73. The number of carboxylic acid groups (broad SMARTS) is 1. The third kappa shape index (κ3) is 2.16. The predicted octanol–water partition coefficient (Wildman–Crippen LogP) is 3.63. The van der Waals surface area contributed by atoms with Crippen molar-refractivity contribution in [1.29, 1.82) is 0 Å². The summed E-state index contributed by atoms with van der Waals surface area (Å²) in [6, 6.07) is 8.05. The Morgan fingerprint density at radius 3 is 2.41 bits per heavy atom. The Bertz CT molecular complexity index is 817. The monoisotopic (exact) mass is 327 g/mol. The third-order valence-corrected chi connectivity index (χ3v) is 4.73. The maximum atomic E-state index is 13.0. The normalized spacial score (nSPS) is 16.4. The molecule has 2 aromatic carbocycles. The van der Waals surface area contributed by atoms with E-state index in [9.17, 15) is 27.3 Å². The van der Waals surface area contributed by atoms with E-state index in [4.69, 9.17) is 0 Å². The number of aromatic carboxylic acids is 1. The van der Waals surface area contributed by atoms with Gasteiger partial charge in [0.25, 0.3) is 0 Å². The molecule has 22 heavy (non-hydrogen) atoms. The van der Waals surface area contributed by atoms with E-state index in [1.807, 2.05) is 0 Å². The standard InChI is InChI=1S/C14H8F3NO3S/c15-14(16,17)7-5-6-10-12(11(7)13(19)20)18-8-3-1-2-4-9(8)22(10)21/h1-6,18H,(H,19,20). The molecule has 2 N–H and O–H groups in total. The number of carbonyl (C=O) groups is 1. The van der Waals surface area contributed by atoms with E-state index in [2.05, 4.69) is 5.32 Å². The molecule has 1 aliphatic heterocycles. The first-order valence-corrected chi connectivity index (χ1v) is 7.21. The molecule has 0 aromatic heterocycles. The first kappa shape index (κ1) is 14.6. The molecular formula is C14H8F3NO3S. The van der Waals surface area contributed by atoms with Gasteiger partial charge in [-0.2, -0.15) is 13.2 Å². The van der Waals surface area contributed by atoms with Crippen LogP contribution in [0.3, 0.4) is 0 Å². The van der Waals surface area contributed by atoms with Crippen LogP contribution in [0.4, 0.5) is 24.5 Å². The van der Waals surface area contributed by atoms with Crippen molar-refractivity contribution in [3.05, 3.63) is 47.5 Å². The van der Waals surface area contributed by atoms with Crippen molar-refractivity contribution in [2.75, 3.05) is 5.32 Å². The summed E-state index contributed by atoms with van der Waals surface area (Å²) in [6.45, 7) is 0. The van der Waals surface area contributed by atoms with Crippen LogP contribution in [0, 0.1) is 0 Å². The Labute approximate surface area is 125 Å². The first-order valence-electron chi connectivity index (χ1n) is 6.06. The number of anilines is 2. The molecular weight excluding hydrogens is 319 g/mol. The first-order chi connectivity index (χ1) is 10.3. The van der Waals surface area contributed by atoms with Crippen LogP contribution >= 0.6 is 0 Å². The van der Waals surface area contributed by atoms with Crippen LogP contribution in [-0.4, -0.2) is 15.3 Å². The average Bonchev–Trinajstić information content (AvgIpc) is 2.45. The van der Waals surface area contributed by atoms with Gasteiger partial charge in [0.15, 0.2) is 0 Å². The molecule has 0 bridgehead atoms. The zero-order valence-electron chi connectivity index (χ0n) is 10.8. The summed E-state index contributed by atoms with van der Waals surface area (Å²) in [6.07, 6.45) is -4.82. The van der Waals surface area contributed by atoms with Crippen molar-refractivity contribution in [3.63, 3.8) is 0 Å². The van der Waals surface area contributed by atoms with Gasteiger partial charge in [-0.05, 0) is 24.3 Å². The van der Waals surface area contributed by atoms with Crippen LogP contribution in [0.15, 0.2) is 46.2 Å². The molecule has 0 saturated heterocycles. The Hall–Kier alpha value is -2.35. The fourth-order valence-corrected chi connectivity index (χ4v) is 3.59. The van der Waals surface area contributed by atoms with Crippen molar-refractivity contribution >= 4 is 28.1 Å². The summed E-state index contributed by atoms with van der Waals surface area (Å²) in [5.41, 5.74) is -2.15. The molecule has 1 heterocycles. The molecule has 1 unspecified atom stereocenters. The number of rotatable bonds is 1. The summed E-state index contributed by atoms with van der Waals surface area (Å²) in [5, 5.41) is 11.8. The van der Waals surface area contributed by atoms with Gasteiger partial charge < -0.3 is 10.4 Å². The van der Waals surface area contributed by atoms with Gasteiger partial charge in [-0.25, -0.2) is 9.00 Å². The van der Waals surface area contributed by atoms with Gasteiger partial charge in [0.05, 0.1) is 43.1 Å². The molecule has 0 amide bonds. The van der Waals surface area contributed by atoms with Crippen LogP contribution in [0.2, 0.25) is 0 Å².